The molecular weight excluding hydrogens is 357 g/mol. The van der Waals surface area contributed by atoms with Crippen molar-refractivity contribution in [1.82, 2.24) is 9.97 Å². The molecule has 0 aliphatic heterocycles. The van der Waals surface area contributed by atoms with Crippen LogP contribution in [0.5, 0.6) is 0 Å². The minimum absolute atomic E-state index is 0.243. The van der Waals surface area contributed by atoms with E-state index in [1.807, 2.05) is 6.07 Å². The molecule has 0 spiro atoms. The molecular formula is C19H15Cl2N3O. The van der Waals surface area contributed by atoms with Crippen molar-refractivity contribution in [2.45, 2.75) is 25.7 Å². The molecule has 4 nitrogen and oxygen atoms in total. The topological polar surface area (TPSA) is 54.9 Å². The lowest BCUT2D eigenvalue weighted by atomic mass is 9.94. The van der Waals surface area contributed by atoms with Crippen LogP contribution in [0.25, 0.3) is 10.9 Å². The van der Waals surface area contributed by atoms with E-state index < -0.39 is 0 Å². The number of rotatable bonds is 2. The van der Waals surface area contributed by atoms with Gasteiger partial charge in [-0.1, -0.05) is 29.3 Å². The summed E-state index contributed by atoms with van der Waals surface area (Å²) < 4.78 is 0. The van der Waals surface area contributed by atoms with Crippen LogP contribution in [-0.2, 0) is 12.8 Å². The second-order valence-electron chi connectivity index (χ2n) is 6.11. The minimum atomic E-state index is -0.243. The molecule has 0 radical (unpaired) electrons. The largest absolute Gasteiger partial charge is 0.307 e. The standard InChI is InChI=1S/C19H15Cl2N3O/c20-12-6-8-17(22-10-12)24-19(25)11-5-7-14-16(9-11)23-15-4-2-1-3-13(15)18(14)21/h5-10H,1-4H2,(H,22,24,25). The molecule has 0 unspecified atom stereocenters. The number of anilines is 1. The van der Waals surface area contributed by atoms with Crippen molar-refractivity contribution in [1.29, 1.82) is 0 Å². The van der Waals surface area contributed by atoms with Gasteiger partial charge in [-0.25, -0.2) is 4.98 Å². The maximum Gasteiger partial charge on any atom is 0.256 e. The van der Waals surface area contributed by atoms with Crippen molar-refractivity contribution in [2.75, 3.05) is 5.32 Å². The van der Waals surface area contributed by atoms with Crippen LogP contribution in [0.15, 0.2) is 36.5 Å². The number of aromatic nitrogens is 2. The summed E-state index contributed by atoms with van der Waals surface area (Å²) in [5.74, 6) is 0.207. The molecule has 0 fully saturated rings. The van der Waals surface area contributed by atoms with Gasteiger partial charge in [0.25, 0.3) is 5.91 Å². The molecule has 0 saturated heterocycles. The first-order valence-electron chi connectivity index (χ1n) is 8.16. The highest BCUT2D eigenvalue weighted by Gasteiger charge is 2.18. The lowest BCUT2D eigenvalue weighted by Gasteiger charge is -2.18. The van der Waals surface area contributed by atoms with Crippen LogP contribution in [0.2, 0.25) is 10.0 Å². The fraction of sp³-hybridized carbons (Fsp3) is 0.211. The lowest BCUT2D eigenvalue weighted by Crippen LogP contribution is -2.13. The van der Waals surface area contributed by atoms with Gasteiger partial charge in [-0.2, -0.15) is 0 Å². The summed E-state index contributed by atoms with van der Waals surface area (Å²) in [5.41, 5.74) is 3.48. The maximum atomic E-state index is 12.5. The number of nitrogens with zero attached hydrogens (tertiary/aromatic N) is 2. The van der Waals surface area contributed by atoms with Gasteiger partial charge in [0.15, 0.2) is 0 Å². The monoisotopic (exact) mass is 371 g/mol. The molecule has 0 bridgehead atoms. The van der Waals surface area contributed by atoms with Crippen LogP contribution in [0, 0.1) is 0 Å². The second-order valence-corrected chi connectivity index (χ2v) is 6.92. The van der Waals surface area contributed by atoms with Crippen molar-refractivity contribution >= 4 is 45.8 Å². The van der Waals surface area contributed by atoms with Crippen LogP contribution < -0.4 is 5.32 Å². The Balaban J connectivity index is 1.68. The van der Waals surface area contributed by atoms with Crippen molar-refractivity contribution in [3.05, 3.63) is 63.4 Å². The highest BCUT2D eigenvalue weighted by atomic mass is 35.5. The van der Waals surface area contributed by atoms with E-state index in [4.69, 9.17) is 28.2 Å². The van der Waals surface area contributed by atoms with E-state index in [1.54, 1.807) is 24.3 Å². The third kappa shape index (κ3) is 3.20. The number of halogens is 2. The van der Waals surface area contributed by atoms with Gasteiger partial charge in [0.1, 0.15) is 5.82 Å². The highest BCUT2D eigenvalue weighted by Crippen LogP contribution is 2.33. The predicted octanol–water partition coefficient (Wildman–Crippen LogP) is 5.07. The number of benzene rings is 1. The number of nitrogens with one attached hydrogen (secondary N) is 1. The van der Waals surface area contributed by atoms with E-state index in [0.717, 1.165) is 52.9 Å². The fourth-order valence-electron chi connectivity index (χ4n) is 3.15. The summed E-state index contributed by atoms with van der Waals surface area (Å²) in [4.78, 5) is 21.3. The van der Waals surface area contributed by atoms with Crippen molar-refractivity contribution in [2.24, 2.45) is 0 Å². The van der Waals surface area contributed by atoms with Crippen LogP contribution >= 0.6 is 23.2 Å². The molecule has 1 aliphatic rings. The number of aryl methyl sites for hydroxylation is 1. The zero-order valence-electron chi connectivity index (χ0n) is 13.4. The van der Waals surface area contributed by atoms with Gasteiger partial charge in [-0.3, -0.25) is 9.78 Å². The number of carbonyl (C=O) groups is 1. The van der Waals surface area contributed by atoms with Gasteiger partial charge in [0, 0.05) is 22.8 Å². The van der Waals surface area contributed by atoms with Gasteiger partial charge < -0.3 is 5.32 Å². The van der Waals surface area contributed by atoms with E-state index in [1.165, 1.54) is 6.20 Å². The minimum Gasteiger partial charge on any atom is -0.307 e. The molecule has 0 saturated carbocycles. The Bertz CT molecular complexity index is 971. The molecule has 25 heavy (non-hydrogen) atoms. The Hall–Kier alpha value is -2.17. The van der Waals surface area contributed by atoms with Crippen molar-refractivity contribution < 1.29 is 4.79 Å². The zero-order valence-corrected chi connectivity index (χ0v) is 14.9. The Kier molecular flexibility index (Phi) is 4.32. The summed E-state index contributed by atoms with van der Waals surface area (Å²) in [6.07, 6.45) is 5.68. The highest BCUT2D eigenvalue weighted by molar-refractivity contribution is 6.36. The van der Waals surface area contributed by atoms with Crippen LogP contribution in [0.4, 0.5) is 5.82 Å². The van der Waals surface area contributed by atoms with Gasteiger partial charge in [-0.15, -0.1) is 0 Å². The summed E-state index contributed by atoms with van der Waals surface area (Å²) in [6.45, 7) is 0. The van der Waals surface area contributed by atoms with Gasteiger partial charge in [-0.05, 0) is 55.5 Å². The normalized spacial score (nSPS) is 13.5. The Morgan fingerprint density at radius 2 is 1.92 bits per heavy atom. The molecule has 126 valence electrons. The second kappa shape index (κ2) is 6.62. The molecule has 6 heteroatoms. The van der Waals surface area contributed by atoms with Crippen LogP contribution in [-0.4, -0.2) is 15.9 Å². The molecule has 1 amide bonds. The molecule has 0 atom stereocenters. The fourth-order valence-corrected chi connectivity index (χ4v) is 3.62. The molecule has 2 aromatic heterocycles. The lowest BCUT2D eigenvalue weighted by molar-refractivity contribution is 0.102. The first-order valence-corrected chi connectivity index (χ1v) is 8.91. The van der Waals surface area contributed by atoms with E-state index in [9.17, 15) is 4.79 Å². The summed E-state index contributed by atoms with van der Waals surface area (Å²) in [7, 11) is 0. The van der Waals surface area contributed by atoms with Crippen LogP contribution in [0.1, 0.15) is 34.5 Å². The molecule has 1 N–H and O–H groups in total. The van der Waals surface area contributed by atoms with Gasteiger partial charge in [0.2, 0.25) is 0 Å². The Morgan fingerprint density at radius 3 is 2.72 bits per heavy atom. The van der Waals surface area contributed by atoms with E-state index in [2.05, 4.69) is 10.3 Å². The predicted molar refractivity (Wildman–Crippen MR) is 101 cm³/mol. The molecule has 1 aliphatic carbocycles. The van der Waals surface area contributed by atoms with Crippen molar-refractivity contribution in [3.8, 4) is 0 Å². The number of carbonyl (C=O) groups excluding carboxylic acids is 1. The first-order chi connectivity index (χ1) is 12.1. The summed E-state index contributed by atoms with van der Waals surface area (Å²) in [6, 6.07) is 8.74. The Labute approximate surface area is 155 Å². The Morgan fingerprint density at radius 1 is 1.08 bits per heavy atom. The SMILES string of the molecule is O=C(Nc1ccc(Cl)cn1)c1ccc2c(Cl)c3c(nc2c1)CCCC3. The number of fused-ring (bicyclic) bond motifs is 2. The van der Waals surface area contributed by atoms with Gasteiger partial charge in [0.05, 0.1) is 15.6 Å². The maximum absolute atomic E-state index is 12.5. The summed E-state index contributed by atoms with van der Waals surface area (Å²) >= 11 is 12.4. The van der Waals surface area contributed by atoms with Gasteiger partial charge >= 0.3 is 0 Å². The summed E-state index contributed by atoms with van der Waals surface area (Å²) in [5, 5.41) is 4.94. The average Bonchev–Trinajstić information content (AvgIpc) is 2.63. The molecule has 4 rings (SSSR count). The van der Waals surface area contributed by atoms with E-state index >= 15 is 0 Å². The molecule has 3 aromatic rings. The van der Waals surface area contributed by atoms with Crippen molar-refractivity contribution in [3.63, 3.8) is 0 Å². The smallest absolute Gasteiger partial charge is 0.256 e. The third-order valence-electron chi connectivity index (χ3n) is 4.42. The molecule has 1 aromatic carbocycles. The van der Waals surface area contributed by atoms with E-state index in [-0.39, 0.29) is 5.91 Å². The van der Waals surface area contributed by atoms with Crippen LogP contribution in [0.3, 0.4) is 0 Å². The first kappa shape index (κ1) is 16.3. The number of amides is 1. The zero-order chi connectivity index (χ0) is 17.4. The average molecular weight is 372 g/mol. The third-order valence-corrected chi connectivity index (χ3v) is 5.08. The number of hydrogen-bond donors (Lipinski definition) is 1. The quantitative estimate of drug-likeness (QED) is 0.684. The number of hydrogen-bond acceptors (Lipinski definition) is 3. The number of pyridine rings is 2. The van der Waals surface area contributed by atoms with E-state index in [0.29, 0.717) is 16.4 Å². The molecule has 2 heterocycles.